The number of hydrogen-bond acceptors (Lipinski definition) is 3. The molecule has 0 aromatic carbocycles. The van der Waals surface area contributed by atoms with E-state index in [2.05, 4.69) is 55.4 Å². The van der Waals surface area contributed by atoms with Gasteiger partial charge in [-0.25, -0.2) is 0 Å². The maximum Gasteiger partial charge on any atom is 0.0330 e. The van der Waals surface area contributed by atoms with Gasteiger partial charge in [-0.15, -0.1) is 11.3 Å². The van der Waals surface area contributed by atoms with Gasteiger partial charge in [0.2, 0.25) is 0 Å². The molecule has 0 aliphatic heterocycles. The molecule has 0 saturated heterocycles. The van der Waals surface area contributed by atoms with Crippen LogP contribution in [0.25, 0.3) is 0 Å². The molecule has 2 rings (SSSR count). The standard InChI is InChI=1S/C17H30N2S/c1-5-18-16(17(2,3)4)10-11-19(14-8-9-14)13-15-7-6-12-20-15/h6-7,12,14,16,18H,5,8-11,13H2,1-4H3. The van der Waals surface area contributed by atoms with Crippen molar-refractivity contribution in [2.24, 2.45) is 5.41 Å². The average Bonchev–Trinajstić information content (AvgIpc) is 3.09. The molecular formula is C17H30N2S. The Morgan fingerprint density at radius 1 is 1.40 bits per heavy atom. The molecule has 114 valence electrons. The van der Waals surface area contributed by atoms with E-state index in [0.29, 0.717) is 11.5 Å². The lowest BCUT2D eigenvalue weighted by molar-refractivity contribution is 0.196. The van der Waals surface area contributed by atoms with Crippen molar-refractivity contribution < 1.29 is 0 Å². The monoisotopic (exact) mass is 294 g/mol. The summed E-state index contributed by atoms with van der Waals surface area (Å²) < 4.78 is 0. The van der Waals surface area contributed by atoms with E-state index >= 15 is 0 Å². The Hall–Kier alpha value is -0.380. The fourth-order valence-electron chi connectivity index (χ4n) is 2.82. The Morgan fingerprint density at radius 2 is 2.15 bits per heavy atom. The van der Waals surface area contributed by atoms with Crippen molar-refractivity contribution in [3.8, 4) is 0 Å². The summed E-state index contributed by atoms with van der Waals surface area (Å²) in [7, 11) is 0. The highest BCUT2D eigenvalue weighted by Gasteiger charge is 2.31. The molecule has 0 bridgehead atoms. The quantitative estimate of drug-likeness (QED) is 0.775. The van der Waals surface area contributed by atoms with Gasteiger partial charge in [0.05, 0.1) is 0 Å². The van der Waals surface area contributed by atoms with Crippen molar-refractivity contribution in [2.75, 3.05) is 13.1 Å². The Kier molecular flexibility index (Phi) is 5.65. The van der Waals surface area contributed by atoms with Gasteiger partial charge >= 0.3 is 0 Å². The summed E-state index contributed by atoms with van der Waals surface area (Å²) >= 11 is 1.89. The van der Waals surface area contributed by atoms with Gasteiger partial charge in [0.15, 0.2) is 0 Å². The van der Waals surface area contributed by atoms with E-state index in [-0.39, 0.29) is 0 Å². The zero-order valence-electron chi connectivity index (χ0n) is 13.5. The maximum atomic E-state index is 3.67. The molecule has 2 nitrogen and oxygen atoms in total. The first-order valence-electron chi connectivity index (χ1n) is 8.00. The molecule has 1 saturated carbocycles. The highest BCUT2D eigenvalue weighted by atomic mass is 32.1. The van der Waals surface area contributed by atoms with Crippen LogP contribution in [0.5, 0.6) is 0 Å². The molecule has 3 heteroatoms. The van der Waals surface area contributed by atoms with Gasteiger partial charge in [0.25, 0.3) is 0 Å². The largest absolute Gasteiger partial charge is 0.314 e. The third-order valence-corrected chi connectivity index (χ3v) is 5.06. The number of hydrogen-bond donors (Lipinski definition) is 1. The second-order valence-corrected chi connectivity index (χ2v) is 8.08. The van der Waals surface area contributed by atoms with Gasteiger partial charge in [-0.3, -0.25) is 4.90 Å². The average molecular weight is 295 g/mol. The summed E-state index contributed by atoms with van der Waals surface area (Å²) in [6.45, 7) is 12.7. The Labute approximate surface area is 128 Å². The fraction of sp³-hybridized carbons (Fsp3) is 0.765. The van der Waals surface area contributed by atoms with E-state index < -0.39 is 0 Å². The molecule has 1 N–H and O–H groups in total. The van der Waals surface area contributed by atoms with Crippen LogP contribution in [0.3, 0.4) is 0 Å². The SMILES string of the molecule is CCNC(CCN(Cc1cccs1)C1CC1)C(C)(C)C. The topological polar surface area (TPSA) is 15.3 Å². The molecule has 1 unspecified atom stereocenters. The third-order valence-electron chi connectivity index (χ3n) is 4.20. The first kappa shape index (κ1) is 16.0. The highest BCUT2D eigenvalue weighted by Crippen LogP contribution is 2.30. The van der Waals surface area contributed by atoms with Crippen LogP contribution in [-0.4, -0.2) is 30.1 Å². The van der Waals surface area contributed by atoms with Gasteiger partial charge in [0.1, 0.15) is 0 Å². The summed E-state index contributed by atoms with van der Waals surface area (Å²) in [6, 6.07) is 5.89. The van der Waals surface area contributed by atoms with Crippen LogP contribution in [0.4, 0.5) is 0 Å². The highest BCUT2D eigenvalue weighted by molar-refractivity contribution is 7.09. The Balaban J connectivity index is 1.87. The molecule has 1 aliphatic carbocycles. The summed E-state index contributed by atoms with van der Waals surface area (Å²) in [5.41, 5.74) is 0.341. The van der Waals surface area contributed by atoms with Crippen LogP contribution >= 0.6 is 11.3 Å². The number of rotatable bonds is 8. The van der Waals surface area contributed by atoms with Crippen LogP contribution in [0.2, 0.25) is 0 Å². The molecule has 0 amide bonds. The van der Waals surface area contributed by atoms with Crippen molar-refractivity contribution in [3.05, 3.63) is 22.4 Å². The minimum absolute atomic E-state index is 0.341. The molecular weight excluding hydrogens is 264 g/mol. The van der Waals surface area contributed by atoms with Crippen molar-refractivity contribution in [2.45, 2.75) is 65.6 Å². The molecule has 0 radical (unpaired) electrons. The lowest BCUT2D eigenvalue weighted by Gasteiger charge is -2.33. The number of thiophene rings is 1. The Morgan fingerprint density at radius 3 is 2.65 bits per heavy atom. The van der Waals surface area contributed by atoms with Gasteiger partial charge in [-0.1, -0.05) is 33.8 Å². The lowest BCUT2D eigenvalue weighted by Crippen LogP contribution is -2.43. The number of nitrogens with zero attached hydrogens (tertiary/aromatic N) is 1. The Bertz CT molecular complexity index is 376. The normalized spacial score (nSPS) is 17.6. The van der Waals surface area contributed by atoms with E-state index in [1.807, 2.05) is 11.3 Å². The predicted octanol–water partition coefficient (Wildman–Crippen LogP) is 4.13. The predicted molar refractivity (Wildman–Crippen MR) is 89.3 cm³/mol. The van der Waals surface area contributed by atoms with Crippen molar-refractivity contribution in [1.82, 2.24) is 10.2 Å². The first-order valence-corrected chi connectivity index (χ1v) is 8.88. The van der Waals surface area contributed by atoms with Gasteiger partial charge < -0.3 is 5.32 Å². The van der Waals surface area contributed by atoms with Gasteiger partial charge in [0, 0.05) is 30.1 Å². The maximum absolute atomic E-state index is 3.67. The van der Waals surface area contributed by atoms with E-state index in [4.69, 9.17) is 0 Å². The van der Waals surface area contributed by atoms with Crippen molar-refractivity contribution in [3.63, 3.8) is 0 Å². The minimum Gasteiger partial charge on any atom is -0.314 e. The molecule has 1 heterocycles. The molecule has 1 fully saturated rings. The molecule has 0 spiro atoms. The van der Waals surface area contributed by atoms with E-state index in [9.17, 15) is 0 Å². The van der Waals surface area contributed by atoms with Gasteiger partial charge in [-0.05, 0) is 42.7 Å². The van der Waals surface area contributed by atoms with Crippen LogP contribution in [0.15, 0.2) is 17.5 Å². The second kappa shape index (κ2) is 7.06. The van der Waals surface area contributed by atoms with E-state index in [1.54, 1.807) is 0 Å². The molecule has 1 aliphatic rings. The third kappa shape index (κ3) is 4.87. The summed E-state index contributed by atoms with van der Waals surface area (Å²) in [5, 5.41) is 5.86. The fourth-order valence-corrected chi connectivity index (χ4v) is 3.55. The zero-order chi connectivity index (χ0) is 14.6. The first-order chi connectivity index (χ1) is 9.50. The van der Waals surface area contributed by atoms with Crippen molar-refractivity contribution in [1.29, 1.82) is 0 Å². The van der Waals surface area contributed by atoms with Crippen LogP contribution in [0.1, 0.15) is 51.8 Å². The molecule has 1 atom stereocenters. The summed E-state index contributed by atoms with van der Waals surface area (Å²) in [4.78, 5) is 4.20. The smallest absolute Gasteiger partial charge is 0.0330 e. The van der Waals surface area contributed by atoms with Gasteiger partial charge in [-0.2, -0.15) is 0 Å². The summed E-state index contributed by atoms with van der Waals surface area (Å²) in [6.07, 6.45) is 4.04. The van der Waals surface area contributed by atoms with Crippen LogP contribution in [-0.2, 0) is 6.54 Å². The number of nitrogens with one attached hydrogen (secondary N) is 1. The molecule has 1 aromatic heterocycles. The zero-order valence-corrected chi connectivity index (χ0v) is 14.3. The minimum atomic E-state index is 0.341. The van der Waals surface area contributed by atoms with E-state index in [1.165, 1.54) is 30.7 Å². The van der Waals surface area contributed by atoms with E-state index in [0.717, 1.165) is 19.1 Å². The molecule has 20 heavy (non-hydrogen) atoms. The van der Waals surface area contributed by atoms with Crippen LogP contribution in [0, 0.1) is 5.41 Å². The lowest BCUT2D eigenvalue weighted by atomic mass is 9.84. The second-order valence-electron chi connectivity index (χ2n) is 7.05. The van der Waals surface area contributed by atoms with Crippen LogP contribution < -0.4 is 5.32 Å². The summed E-state index contributed by atoms with van der Waals surface area (Å²) in [5.74, 6) is 0. The molecule has 1 aromatic rings. The van der Waals surface area contributed by atoms with Crippen molar-refractivity contribution >= 4 is 11.3 Å².